The number of nitrogens with two attached hydrogens (primary N) is 1. The molecule has 0 spiro atoms. The Labute approximate surface area is 121 Å². The van der Waals surface area contributed by atoms with Gasteiger partial charge in [0.15, 0.2) is 0 Å². The number of carbonyl (C=O) groups is 1. The summed E-state index contributed by atoms with van der Waals surface area (Å²) in [6.45, 7) is 2.49. The van der Waals surface area contributed by atoms with E-state index in [0.717, 1.165) is 6.42 Å². The van der Waals surface area contributed by atoms with Gasteiger partial charge in [-0.3, -0.25) is 4.79 Å². The molecule has 0 aliphatic carbocycles. The van der Waals surface area contributed by atoms with Crippen LogP contribution in [0.25, 0.3) is 0 Å². The zero-order chi connectivity index (χ0) is 14.5. The fourth-order valence-corrected chi connectivity index (χ4v) is 2.64. The van der Waals surface area contributed by atoms with Crippen LogP contribution in [0.4, 0.5) is 4.39 Å². The maximum Gasteiger partial charge on any atom is 0.248 e. The lowest BCUT2D eigenvalue weighted by molar-refractivity contribution is 0.1000. The van der Waals surface area contributed by atoms with E-state index in [0.29, 0.717) is 12.1 Å². The smallest absolute Gasteiger partial charge is 0.248 e. The van der Waals surface area contributed by atoms with Crippen molar-refractivity contribution in [1.82, 2.24) is 5.32 Å². The van der Waals surface area contributed by atoms with E-state index in [2.05, 4.69) is 23.7 Å². The van der Waals surface area contributed by atoms with Crippen molar-refractivity contribution in [3.8, 4) is 0 Å². The second kappa shape index (κ2) is 6.63. The van der Waals surface area contributed by atoms with E-state index in [1.54, 1.807) is 23.5 Å². The fraction of sp³-hybridized carbons (Fsp3) is 0.267. The Morgan fingerprint density at radius 3 is 2.85 bits per heavy atom. The van der Waals surface area contributed by atoms with Gasteiger partial charge in [0.05, 0.1) is 0 Å². The lowest BCUT2D eigenvalue weighted by Crippen LogP contribution is -2.27. The lowest BCUT2D eigenvalue weighted by atomic mass is 10.1. The van der Waals surface area contributed by atoms with Crippen LogP contribution in [-0.2, 0) is 13.0 Å². The summed E-state index contributed by atoms with van der Waals surface area (Å²) < 4.78 is 13.8. The number of halogens is 1. The van der Waals surface area contributed by atoms with Crippen molar-refractivity contribution in [2.24, 2.45) is 5.73 Å². The van der Waals surface area contributed by atoms with Gasteiger partial charge < -0.3 is 11.1 Å². The van der Waals surface area contributed by atoms with Crippen molar-refractivity contribution >= 4 is 17.2 Å². The fourth-order valence-electron chi connectivity index (χ4n) is 1.96. The van der Waals surface area contributed by atoms with E-state index in [4.69, 9.17) is 5.73 Å². The Bertz CT molecular complexity index is 584. The molecule has 1 aromatic heterocycles. The van der Waals surface area contributed by atoms with E-state index in [9.17, 15) is 9.18 Å². The Balaban J connectivity index is 1.92. The van der Waals surface area contributed by atoms with Gasteiger partial charge in [0.25, 0.3) is 0 Å². The van der Waals surface area contributed by atoms with Crippen LogP contribution in [0.3, 0.4) is 0 Å². The maximum atomic E-state index is 13.8. The number of carbonyl (C=O) groups excluding carboxylic acids is 1. The SMILES string of the molecule is CC(Cc1ccsc1)NCc1ccc(C(N)=O)cc1F. The Morgan fingerprint density at radius 1 is 1.45 bits per heavy atom. The number of benzene rings is 1. The average molecular weight is 292 g/mol. The number of hydrogen-bond acceptors (Lipinski definition) is 3. The molecule has 0 bridgehead atoms. The topological polar surface area (TPSA) is 55.1 Å². The minimum absolute atomic E-state index is 0.192. The molecule has 1 amide bonds. The molecule has 3 nitrogen and oxygen atoms in total. The second-order valence-corrected chi connectivity index (χ2v) is 5.57. The van der Waals surface area contributed by atoms with Gasteiger partial charge in [0.1, 0.15) is 5.82 Å². The predicted octanol–water partition coefficient (Wildman–Crippen LogP) is 2.71. The third kappa shape index (κ3) is 3.88. The second-order valence-electron chi connectivity index (χ2n) is 4.79. The standard InChI is InChI=1S/C15H17FN2OS/c1-10(6-11-4-5-20-9-11)18-8-13-3-2-12(15(17)19)7-14(13)16/h2-5,7,9-10,18H,6,8H2,1H3,(H2,17,19). The molecule has 0 saturated heterocycles. The van der Waals surface area contributed by atoms with Crippen LogP contribution < -0.4 is 11.1 Å². The van der Waals surface area contributed by atoms with Crippen LogP contribution in [0.5, 0.6) is 0 Å². The quantitative estimate of drug-likeness (QED) is 0.860. The van der Waals surface area contributed by atoms with Crippen LogP contribution >= 0.6 is 11.3 Å². The molecule has 1 unspecified atom stereocenters. The molecule has 1 aromatic carbocycles. The highest BCUT2D eigenvalue weighted by atomic mass is 32.1. The van der Waals surface area contributed by atoms with Gasteiger partial charge in [-0.1, -0.05) is 6.07 Å². The van der Waals surface area contributed by atoms with Crippen molar-refractivity contribution in [1.29, 1.82) is 0 Å². The molecule has 2 rings (SSSR count). The normalized spacial score (nSPS) is 12.3. The monoisotopic (exact) mass is 292 g/mol. The summed E-state index contributed by atoms with van der Waals surface area (Å²) in [6, 6.07) is 6.67. The summed E-state index contributed by atoms with van der Waals surface area (Å²) in [5, 5.41) is 7.43. The number of thiophene rings is 1. The summed E-state index contributed by atoms with van der Waals surface area (Å²) in [5.41, 5.74) is 7.11. The summed E-state index contributed by atoms with van der Waals surface area (Å²) in [6.07, 6.45) is 0.907. The molecular weight excluding hydrogens is 275 g/mol. The zero-order valence-electron chi connectivity index (χ0n) is 11.2. The summed E-state index contributed by atoms with van der Waals surface area (Å²) >= 11 is 1.67. The first-order valence-corrected chi connectivity index (χ1v) is 7.33. The first-order chi connectivity index (χ1) is 9.56. The van der Waals surface area contributed by atoms with Crippen molar-refractivity contribution in [3.05, 3.63) is 57.5 Å². The van der Waals surface area contributed by atoms with Gasteiger partial charge in [-0.05, 0) is 47.9 Å². The van der Waals surface area contributed by atoms with Gasteiger partial charge in [0.2, 0.25) is 5.91 Å². The molecule has 0 fully saturated rings. The van der Waals surface area contributed by atoms with E-state index in [1.807, 2.05) is 5.38 Å². The molecule has 106 valence electrons. The largest absolute Gasteiger partial charge is 0.366 e. The number of rotatable bonds is 6. The van der Waals surface area contributed by atoms with Crippen LogP contribution in [0, 0.1) is 5.82 Å². The number of primary amides is 1. The van der Waals surface area contributed by atoms with Crippen LogP contribution in [0.2, 0.25) is 0 Å². The molecule has 5 heteroatoms. The highest BCUT2D eigenvalue weighted by Gasteiger charge is 2.09. The van der Waals surface area contributed by atoms with Crippen LogP contribution in [0.1, 0.15) is 28.4 Å². The Morgan fingerprint density at radius 2 is 2.25 bits per heavy atom. The van der Waals surface area contributed by atoms with E-state index >= 15 is 0 Å². The van der Waals surface area contributed by atoms with E-state index in [1.165, 1.54) is 11.6 Å². The Hall–Kier alpha value is -1.72. The molecule has 2 aromatic rings. The number of nitrogens with one attached hydrogen (secondary N) is 1. The zero-order valence-corrected chi connectivity index (χ0v) is 12.0. The third-order valence-electron chi connectivity index (χ3n) is 3.10. The molecular formula is C15H17FN2OS. The number of hydrogen-bond donors (Lipinski definition) is 2. The van der Waals surface area contributed by atoms with Gasteiger partial charge in [0, 0.05) is 23.7 Å². The summed E-state index contributed by atoms with van der Waals surface area (Å²) in [4.78, 5) is 10.9. The van der Waals surface area contributed by atoms with Gasteiger partial charge in [-0.2, -0.15) is 11.3 Å². The highest BCUT2D eigenvalue weighted by molar-refractivity contribution is 7.07. The predicted molar refractivity (Wildman–Crippen MR) is 79.2 cm³/mol. The minimum atomic E-state index is -0.616. The molecule has 0 aliphatic rings. The van der Waals surface area contributed by atoms with Crippen molar-refractivity contribution in [3.63, 3.8) is 0 Å². The molecule has 20 heavy (non-hydrogen) atoms. The lowest BCUT2D eigenvalue weighted by Gasteiger charge is -2.13. The summed E-state index contributed by atoms with van der Waals surface area (Å²) in [5.74, 6) is -1.02. The van der Waals surface area contributed by atoms with E-state index < -0.39 is 11.7 Å². The van der Waals surface area contributed by atoms with E-state index in [-0.39, 0.29) is 11.6 Å². The number of amides is 1. The van der Waals surface area contributed by atoms with Crippen LogP contribution in [0.15, 0.2) is 35.0 Å². The third-order valence-corrected chi connectivity index (χ3v) is 3.83. The van der Waals surface area contributed by atoms with Gasteiger partial charge in [-0.15, -0.1) is 0 Å². The average Bonchev–Trinajstić information content (AvgIpc) is 2.90. The maximum absolute atomic E-state index is 13.8. The molecule has 0 saturated carbocycles. The van der Waals surface area contributed by atoms with Crippen molar-refractivity contribution in [2.45, 2.75) is 25.9 Å². The van der Waals surface area contributed by atoms with Gasteiger partial charge in [-0.25, -0.2) is 4.39 Å². The molecule has 1 atom stereocenters. The minimum Gasteiger partial charge on any atom is -0.366 e. The molecule has 3 N–H and O–H groups in total. The van der Waals surface area contributed by atoms with Gasteiger partial charge >= 0.3 is 0 Å². The van der Waals surface area contributed by atoms with Crippen LogP contribution in [-0.4, -0.2) is 11.9 Å². The van der Waals surface area contributed by atoms with Crippen molar-refractivity contribution < 1.29 is 9.18 Å². The highest BCUT2D eigenvalue weighted by Crippen LogP contribution is 2.12. The molecule has 1 heterocycles. The van der Waals surface area contributed by atoms with Crippen molar-refractivity contribution in [2.75, 3.05) is 0 Å². The first-order valence-electron chi connectivity index (χ1n) is 6.39. The molecule has 0 radical (unpaired) electrons. The molecule has 0 aliphatic heterocycles. The first kappa shape index (κ1) is 14.7. The summed E-state index contributed by atoms with van der Waals surface area (Å²) in [7, 11) is 0. The Kier molecular flexibility index (Phi) is 4.87.